The lowest BCUT2D eigenvalue weighted by molar-refractivity contribution is -0.123. The van der Waals surface area contributed by atoms with Gasteiger partial charge in [0.05, 0.1) is 36.9 Å². The maximum absolute atomic E-state index is 12.3. The summed E-state index contributed by atoms with van der Waals surface area (Å²) in [6.07, 6.45) is 2.88. The zero-order valence-corrected chi connectivity index (χ0v) is 16.1. The number of aromatic nitrogens is 2. The van der Waals surface area contributed by atoms with Gasteiger partial charge in [-0.3, -0.25) is 14.6 Å². The number of hydrogen-bond acceptors (Lipinski definition) is 6. The molecule has 8 heteroatoms. The Morgan fingerprint density at radius 2 is 2.10 bits per heavy atom. The van der Waals surface area contributed by atoms with Crippen molar-refractivity contribution < 1.29 is 24.0 Å². The number of carboxylic acid groups (broad SMARTS) is 1. The van der Waals surface area contributed by atoms with Gasteiger partial charge in [0.2, 0.25) is 5.91 Å². The number of ether oxygens (including phenoxy) is 1. The Bertz CT molecular complexity index is 966. The third kappa shape index (κ3) is 5.39. The first-order valence-electron chi connectivity index (χ1n) is 9.30. The SMILES string of the molecule is Cc1cc(CC(=O)N[C@@H]2COC[C@H]2Cc2ccnc3ccccc23)on1.O=CO. The summed E-state index contributed by atoms with van der Waals surface area (Å²) in [5, 5.41) is 14.9. The highest BCUT2D eigenvalue weighted by molar-refractivity contribution is 5.82. The summed E-state index contributed by atoms with van der Waals surface area (Å²) in [7, 11) is 0. The number of rotatable bonds is 5. The Balaban J connectivity index is 0.000000755. The molecule has 0 spiro atoms. The van der Waals surface area contributed by atoms with Crippen LogP contribution in [0.25, 0.3) is 10.9 Å². The molecule has 2 atom stereocenters. The first kappa shape index (κ1) is 20.5. The van der Waals surface area contributed by atoms with Crippen LogP contribution in [-0.2, 0) is 27.2 Å². The lowest BCUT2D eigenvalue weighted by Crippen LogP contribution is -2.41. The smallest absolute Gasteiger partial charge is 0.290 e. The Labute approximate surface area is 167 Å². The molecule has 0 unspecified atom stereocenters. The van der Waals surface area contributed by atoms with Crippen LogP contribution in [0.2, 0.25) is 0 Å². The first-order valence-corrected chi connectivity index (χ1v) is 9.30. The second-order valence-corrected chi connectivity index (χ2v) is 6.88. The van der Waals surface area contributed by atoms with Crippen LogP contribution in [0, 0.1) is 12.8 Å². The molecule has 1 aromatic carbocycles. The van der Waals surface area contributed by atoms with Gasteiger partial charge in [0, 0.05) is 23.6 Å². The lowest BCUT2D eigenvalue weighted by atomic mass is 9.93. The predicted molar refractivity (Wildman–Crippen MR) is 105 cm³/mol. The highest BCUT2D eigenvalue weighted by Gasteiger charge is 2.30. The summed E-state index contributed by atoms with van der Waals surface area (Å²) < 4.78 is 10.8. The number of benzene rings is 1. The minimum atomic E-state index is -0.250. The van der Waals surface area contributed by atoms with E-state index in [2.05, 4.69) is 27.6 Å². The van der Waals surface area contributed by atoms with Crippen molar-refractivity contribution in [2.24, 2.45) is 5.92 Å². The molecule has 3 heterocycles. The van der Waals surface area contributed by atoms with Crippen LogP contribution < -0.4 is 5.32 Å². The van der Waals surface area contributed by atoms with E-state index in [0.29, 0.717) is 19.0 Å². The summed E-state index contributed by atoms with van der Waals surface area (Å²) >= 11 is 0. The van der Waals surface area contributed by atoms with E-state index in [0.717, 1.165) is 23.0 Å². The van der Waals surface area contributed by atoms with E-state index in [9.17, 15) is 4.79 Å². The monoisotopic (exact) mass is 397 g/mol. The molecule has 4 rings (SSSR count). The van der Waals surface area contributed by atoms with Crippen LogP contribution in [0.3, 0.4) is 0 Å². The van der Waals surface area contributed by atoms with Gasteiger partial charge in [-0.25, -0.2) is 0 Å². The van der Waals surface area contributed by atoms with Crippen LogP contribution in [0.15, 0.2) is 47.1 Å². The Kier molecular flexibility index (Phi) is 6.91. The summed E-state index contributed by atoms with van der Waals surface area (Å²) in [6.45, 7) is 2.77. The second-order valence-electron chi connectivity index (χ2n) is 6.88. The van der Waals surface area contributed by atoms with Crippen molar-refractivity contribution in [3.8, 4) is 0 Å². The zero-order valence-electron chi connectivity index (χ0n) is 16.1. The van der Waals surface area contributed by atoms with Gasteiger partial charge in [-0.05, 0) is 31.0 Å². The molecule has 29 heavy (non-hydrogen) atoms. The average Bonchev–Trinajstić information content (AvgIpc) is 3.31. The largest absolute Gasteiger partial charge is 0.483 e. The molecule has 1 aliphatic heterocycles. The molecule has 3 aromatic rings. The molecule has 152 valence electrons. The molecular formula is C21H23N3O5. The van der Waals surface area contributed by atoms with Gasteiger partial charge in [0.1, 0.15) is 5.76 Å². The number of hydrogen-bond donors (Lipinski definition) is 2. The predicted octanol–water partition coefficient (Wildman–Crippen LogP) is 2.15. The van der Waals surface area contributed by atoms with E-state index in [-0.39, 0.29) is 30.8 Å². The van der Waals surface area contributed by atoms with Gasteiger partial charge in [-0.15, -0.1) is 0 Å². The number of nitrogens with one attached hydrogen (secondary N) is 1. The average molecular weight is 397 g/mol. The topological polar surface area (TPSA) is 115 Å². The number of carbonyl (C=O) groups excluding carboxylic acids is 1. The number of para-hydroxylation sites is 1. The Morgan fingerprint density at radius 1 is 1.31 bits per heavy atom. The van der Waals surface area contributed by atoms with Crippen LogP contribution >= 0.6 is 0 Å². The molecule has 0 aliphatic carbocycles. The van der Waals surface area contributed by atoms with Gasteiger partial charge in [0.15, 0.2) is 0 Å². The van der Waals surface area contributed by atoms with Gasteiger partial charge in [0.25, 0.3) is 6.47 Å². The summed E-state index contributed by atoms with van der Waals surface area (Å²) in [4.78, 5) is 25.1. The van der Waals surface area contributed by atoms with Crippen molar-refractivity contribution in [2.75, 3.05) is 13.2 Å². The molecule has 0 radical (unpaired) electrons. The summed E-state index contributed by atoms with van der Waals surface area (Å²) in [5.74, 6) is 0.748. The highest BCUT2D eigenvalue weighted by atomic mass is 16.5. The molecule has 2 N–H and O–H groups in total. The maximum atomic E-state index is 12.3. The highest BCUT2D eigenvalue weighted by Crippen LogP contribution is 2.24. The molecule has 8 nitrogen and oxygen atoms in total. The van der Waals surface area contributed by atoms with E-state index in [1.807, 2.05) is 31.3 Å². The van der Waals surface area contributed by atoms with Gasteiger partial charge < -0.3 is 19.7 Å². The van der Waals surface area contributed by atoms with Gasteiger partial charge >= 0.3 is 0 Å². The molecule has 1 saturated heterocycles. The molecule has 0 bridgehead atoms. The number of nitrogens with zero attached hydrogens (tertiary/aromatic N) is 2. The fourth-order valence-electron chi connectivity index (χ4n) is 3.49. The van der Waals surface area contributed by atoms with Gasteiger partial charge in [-0.1, -0.05) is 23.4 Å². The fourth-order valence-corrected chi connectivity index (χ4v) is 3.49. The molecule has 1 aliphatic rings. The Morgan fingerprint density at radius 3 is 2.86 bits per heavy atom. The zero-order chi connectivity index (χ0) is 20.6. The number of amides is 1. The number of aryl methyl sites for hydroxylation is 1. The molecule has 1 fully saturated rings. The third-order valence-electron chi connectivity index (χ3n) is 4.78. The standard InChI is InChI=1S/C20H21N3O3.CH2O2/c1-13-8-16(26-23-13)10-20(24)22-19-12-25-11-15(19)9-14-6-7-21-18-5-3-2-4-17(14)18;2-1-3/h2-8,15,19H,9-12H2,1H3,(H,22,24);1H,(H,2,3)/t15-,19-;/m1./s1. The first-order chi connectivity index (χ1) is 14.1. The Hall–Kier alpha value is -3.26. The van der Waals surface area contributed by atoms with Crippen molar-refractivity contribution in [1.29, 1.82) is 0 Å². The number of carbonyl (C=O) groups is 2. The molecule has 0 saturated carbocycles. The van der Waals surface area contributed by atoms with E-state index >= 15 is 0 Å². The lowest BCUT2D eigenvalue weighted by Gasteiger charge is -2.19. The van der Waals surface area contributed by atoms with Crippen LogP contribution in [0.1, 0.15) is 17.0 Å². The number of fused-ring (bicyclic) bond motifs is 1. The van der Waals surface area contributed by atoms with Crippen molar-refractivity contribution in [2.45, 2.75) is 25.8 Å². The van der Waals surface area contributed by atoms with Crippen LogP contribution in [0.4, 0.5) is 0 Å². The summed E-state index contributed by atoms with van der Waals surface area (Å²) in [5.41, 5.74) is 3.00. The van der Waals surface area contributed by atoms with Crippen molar-refractivity contribution >= 4 is 23.3 Å². The van der Waals surface area contributed by atoms with Crippen LogP contribution in [0.5, 0.6) is 0 Å². The normalized spacial score (nSPS) is 18.1. The van der Waals surface area contributed by atoms with Crippen LogP contribution in [-0.4, -0.2) is 46.9 Å². The van der Waals surface area contributed by atoms with Crippen molar-refractivity contribution in [3.63, 3.8) is 0 Å². The molecular weight excluding hydrogens is 374 g/mol. The van der Waals surface area contributed by atoms with Crippen molar-refractivity contribution in [1.82, 2.24) is 15.5 Å². The van der Waals surface area contributed by atoms with E-state index in [1.165, 1.54) is 5.56 Å². The van der Waals surface area contributed by atoms with E-state index < -0.39 is 0 Å². The number of pyridine rings is 1. The minimum Gasteiger partial charge on any atom is -0.483 e. The fraction of sp³-hybridized carbons (Fsp3) is 0.333. The van der Waals surface area contributed by atoms with E-state index in [4.69, 9.17) is 19.2 Å². The van der Waals surface area contributed by atoms with Gasteiger partial charge in [-0.2, -0.15) is 0 Å². The van der Waals surface area contributed by atoms with E-state index in [1.54, 1.807) is 6.07 Å². The van der Waals surface area contributed by atoms with Crippen molar-refractivity contribution in [3.05, 3.63) is 59.6 Å². The third-order valence-corrected chi connectivity index (χ3v) is 4.78. The molecule has 1 amide bonds. The maximum Gasteiger partial charge on any atom is 0.290 e. The molecule has 2 aromatic heterocycles. The minimum absolute atomic E-state index is 0.00144. The quantitative estimate of drug-likeness (QED) is 0.634. The second kappa shape index (κ2) is 9.79. The summed E-state index contributed by atoms with van der Waals surface area (Å²) in [6, 6.07) is 12.0.